The second-order valence-electron chi connectivity index (χ2n) is 6.67. The fourth-order valence-corrected chi connectivity index (χ4v) is 2.99. The lowest BCUT2D eigenvalue weighted by Crippen LogP contribution is -2.46. The lowest BCUT2D eigenvalue weighted by molar-refractivity contribution is -0.121. The van der Waals surface area contributed by atoms with Gasteiger partial charge in [-0.1, -0.05) is 37.6 Å². The number of carbonyl (C=O) groups is 2. The van der Waals surface area contributed by atoms with Crippen LogP contribution in [0.4, 0.5) is 0 Å². The number of hydrogen-bond acceptors (Lipinski definition) is 4. The molecule has 1 aliphatic rings. The third-order valence-electron chi connectivity index (χ3n) is 4.63. The van der Waals surface area contributed by atoms with E-state index in [4.69, 9.17) is 0 Å². The predicted molar refractivity (Wildman–Crippen MR) is 101 cm³/mol. The van der Waals surface area contributed by atoms with Gasteiger partial charge < -0.3 is 10.6 Å². The molecule has 2 N–H and O–H groups in total. The Kier molecular flexibility index (Phi) is 8.63. The van der Waals surface area contributed by atoms with Crippen LogP contribution in [0.2, 0.25) is 0 Å². The molecule has 25 heavy (non-hydrogen) atoms. The Morgan fingerprint density at radius 2 is 1.84 bits per heavy atom. The topological polar surface area (TPSA) is 61.4 Å². The molecule has 5 heteroatoms. The first-order valence-electron chi connectivity index (χ1n) is 9.51. The van der Waals surface area contributed by atoms with Gasteiger partial charge in [-0.3, -0.25) is 14.5 Å². The van der Waals surface area contributed by atoms with Gasteiger partial charge in [-0.25, -0.2) is 0 Å². The highest BCUT2D eigenvalue weighted by Gasteiger charge is 2.11. The third-order valence-corrected chi connectivity index (χ3v) is 4.63. The normalized spacial score (nSPS) is 15.1. The van der Waals surface area contributed by atoms with Crippen molar-refractivity contribution in [3.05, 3.63) is 35.4 Å². The maximum absolute atomic E-state index is 12.2. The van der Waals surface area contributed by atoms with Crippen LogP contribution >= 0.6 is 0 Å². The maximum Gasteiger partial charge on any atom is 0.220 e. The van der Waals surface area contributed by atoms with E-state index in [0.29, 0.717) is 12.1 Å². The van der Waals surface area contributed by atoms with Gasteiger partial charge in [-0.05, 0) is 18.4 Å². The highest BCUT2D eigenvalue weighted by atomic mass is 16.2. The van der Waals surface area contributed by atoms with E-state index in [1.54, 1.807) is 0 Å². The molecule has 0 aromatic heterocycles. The van der Waals surface area contributed by atoms with Crippen LogP contribution in [-0.4, -0.2) is 55.9 Å². The number of Topliss-reactive ketones (excluding diaryl/α,β-unsaturated/α-hetero) is 1. The van der Waals surface area contributed by atoms with Gasteiger partial charge in [0.1, 0.15) is 0 Å². The lowest BCUT2D eigenvalue weighted by atomic mass is 10.0. The minimum absolute atomic E-state index is 0.0388. The summed E-state index contributed by atoms with van der Waals surface area (Å²) in [6, 6.07) is 7.82. The fourth-order valence-electron chi connectivity index (χ4n) is 2.99. The molecular formula is C20H31N3O2. The van der Waals surface area contributed by atoms with Crippen LogP contribution in [0.1, 0.15) is 48.5 Å². The molecule has 1 aliphatic heterocycles. The average molecular weight is 345 g/mol. The number of amides is 1. The van der Waals surface area contributed by atoms with Crippen molar-refractivity contribution in [3.8, 4) is 0 Å². The Labute approximate surface area is 151 Å². The molecule has 0 bridgehead atoms. The number of nitrogens with zero attached hydrogens (tertiary/aromatic N) is 1. The predicted octanol–water partition coefficient (Wildman–Crippen LogP) is 2.01. The van der Waals surface area contributed by atoms with Crippen molar-refractivity contribution in [1.29, 1.82) is 0 Å². The van der Waals surface area contributed by atoms with Gasteiger partial charge in [0.05, 0.1) is 0 Å². The fraction of sp³-hybridized carbons (Fsp3) is 0.600. The van der Waals surface area contributed by atoms with E-state index < -0.39 is 0 Å². The number of nitrogens with one attached hydrogen (secondary N) is 2. The van der Waals surface area contributed by atoms with Crippen molar-refractivity contribution >= 4 is 11.7 Å². The largest absolute Gasteiger partial charge is 0.355 e. The zero-order chi connectivity index (χ0) is 17.9. The maximum atomic E-state index is 12.2. The van der Waals surface area contributed by atoms with Crippen molar-refractivity contribution in [3.63, 3.8) is 0 Å². The molecule has 1 heterocycles. The molecule has 1 fully saturated rings. The monoisotopic (exact) mass is 345 g/mol. The lowest BCUT2D eigenvalue weighted by Gasteiger charge is -2.27. The minimum atomic E-state index is -0.0388. The molecule has 0 unspecified atom stereocenters. The van der Waals surface area contributed by atoms with Gasteiger partial charge in [-0.2, -0.15) is 0 Å². The van der Waals surface area contributed by atoms with Gasteiger partial charge in [0, 0.05) is 57.7 Å². The number of aryl methyl sites for hydroxylation is 1. The molecule has 0 aliphatic carbocycles. The number of ketones is 1. The quantitative estimate of drug-likeness (QED) is 0.637. The van der Waals surface area contributed by atoms with Crippen LogP contribution in [0.3, 0.4) is 0 Å². The zero-order valence-corrected chi connectivity index (χ0v) is 15.4. The SMILES string of the molecule is CCCCc1ccc(C(=O)CCC(=O)NCCN2CCNCC2)cc1. The number of hydrogen-bond donors (Lipinski definition) is 2. The van der Waals surface area contributed by atoms with Crippen molar-refractivity contribution in [2.45, 2.75) is 39.0 Å². The summed E-state index contributed by atoms with van der Waals surface area (Å²) in [6.07, 6.45) is 3.93. The van der Waals surface area contributed by atoms with Gasteiger partial charge in [-0.15, -0.1) is 0 Å². The van der Waals surface area contributed by atoms with Crippen LogP contribution in [-0.2, 0) is 11.2 Å². The molecule has 1 aromatic carbocycles. The van der Waals surface area contributed by atoms with E-state index in [1.165, 1.54) is 18.4 Å². The van der Waals surface area contributed by atoms with E-state index in [1.807, 2.05) is 24.3 Å². The van der Waals surface area contributed by atoms with Crippen LogP contribution in [0.15, 0.2) is 24.3 Å². The average Bonchev–Trinajstić information content (AvgIpc) is 2.65. The molecular weight excluding hydrogens is 314 g/mol. The van der Waals surface area contributed by atoms with E-state index in [2.05, 4.69) is 22.5 Å². The van der Waals surface area contributed by atoms with E-state index in [9.17, 15) is 9.59 Å². The third kappa shape index (κ3) is 7.36. The van der Waals surface area contributed by atoms with Crippen LogP contribution in [0.5, 0.6) is 0 Å². The summed E-state index contributed by atoms with van der Waals surface area (Å²) in [6.45, 7) is 7.79. The summed E-state index contributed by atoms with van der Waals surface area (Å²) in [7, 11) is 0. The Hall–Kier alpha value is -1.72. The first kappa shape index (κ1) is 19.6. The first-order chi connectivity index (χ1) is 12.2. The van der Waals surface area contributed by atoms with Gasteiger partial charge >= 0.3 is 0 Å². The summed E-state index contributed by atoms with van der Waals surface area (Å²) >= 11 is 0. The second kappa shape index (κ2) is 11.0. The zero-order valence-electron chi connectivity index (χ0n) is 15.4. The van der Waals surface area contributed by atoms with Gasteiger partial charge in [0.15, 0.2) is 5.78 Å². The molecule has 1 aromatic rings. The van der Waals surface area contributed by atoms with E-state index in [0.717, 1.165) is 39.1 Å². The highest BCUT2D eigenvalue weighted by Crippen LogP contribution is 2.10. The number of piperazine rings is 1. The number of rotatable bonds is 10. The van der Waals surface area contributed by atoms with Crippen molar-refractivity contribution in [2.75, 3.05) is 39.3 Å². The van der Waals surface area contributed by atoms with Gasteiger partial charge in [0.25, 0.3) is 0 Å². The smallest absolute Gasteiger partial charge is 0.220 e. The molecule has 1 saturated heterocycles. The molecule has 0 saturated carbocycles. The molecule has 0 spiro atoms. The van der Waals surface area contributed by atoms with Crippen LogP contribution in [0.25, 0.3) is 0 Å². The van der Waals surface area contributed by atoms with Crippen molar-refractivity contribution in [2.24, 2.45) is 0 Å². The van der Waals surface area contributed by atoms with Crippen molar-refractivity contribution in [1.82, 2.24) is 15.5 Å². The molecule has 0 atom stereocenters. The molecule has 0 radical (unpaired) electrons. The second-order valence-corrected chi connectivity index (χ2v) is 6.67. The molecule has 2 rings (SSSR count). The highest BCUT2D eigenvalue weighted by molar-refractivity contribution is 5.97. The molecule has 1 amide bonds. The molecule has 138 valence electrons. The summed E-state index contributed by atoms with van der Waals surface area (Å²) in [5.41, 5.74) is 1.97. The number of carbonyl (C=O) groups excluding carboxylic acids is 2. The Balaban J connectivity index is 1.63. The standard InChI is InChI=1S/C20H31N3O2/c1-2-3-4-17-5-7-18(8-6-17)19(24)9-10-20(25)22-13-16-23-14-11-21-12-15-23/h5-8,21H,2-4,9-16H2,1H3,(H,22,25). The van der Waals surface area contributed by atoms with E-state index in [-0.39, 0.29) is 24.5 Å². The minimum Gasteiger partial charge on any atom is -0.355 e. The summed E-state index contributed by atoms with van der Waals surface area (Å²) in [5.74, 6) is 0.00217. The Morgan fingerprint density at radius 1 is 1.12 bits per heavy atom. The van der Waals surface area contributed by atoms with Gasteiger partial charge in [0.2, 0.25) is 5.91 Å². The summed E-state index contributed by atoms with van der Waals surface area (Å²) in [4.78, 5) is 26.4. The summed E-state index contributed by atoms with van der Waals surface area (Å²) < 4.78 is 0. The van der Waals surface area contributed by atoms with Crippen LogP contribution in [0, 0.1) is 0 Å². The Morgan fingerprint density at radius 3 is 2.52 bits per heavy atom. The number of unbranched alkanes of at least 4 members (excludes halogenated alkanes) is 1. The number of benzene rings is 1. The summed E-state index contributed by atoms with van der Waals surface area (Å²) in [5, 5.41) is 6.22. The van der Waals surface area contributed by atoms with Crippen LogP contribution < -0.4 is 10.6 Å². The molecule has 5 nitrogen and oxygen atoms in total. The Bertz CT molecular complexity index is 536. The van der Waals surface area contributed by atoms with E-state index >= 15 is 0 Å². The first-order valence-corrected chi connectivity index (χ1v) is 9.51. The van der Waals surface area contributed by atoms with Crippen molar-refractivity contribution < 1.29 is 9.59 Å².